The molecule has 0 aromatic rings. The summed E-state index contributed by atoms with van der Waals surface area (Å²) >= 11 is 0. The molecular formula is C9H17NO. The molecule has 2 heteroatoms. The molecule has 1 N–H and O–H groups in total. The number of amides is 1. The third-order valence-corrected chi connectivity index (χ3v) is 1.63. The molecule has 0 spiro atoms. The fourth-order valence-electron chi connectivity index (χ4n) is 0.988. The van der Waals surface area contributed by atoms with Crippen molar-refractivity contribution in [3.05, 3.63) is 0 Å². The summed E-state index contributed by atoms with van der Waals surface area (Å²) in [4.78, 5) is 11.2. The Kier molecular flexibility index (Phi) is 2.21. The molecule has 1 aliphatic rings. The largest absolute Gasteiger partial charge is 0.353 e. The van der Waals surface area contributed by atoms with Crippen LogP contribution >= 0.6 is 0 Å². The van der Waals surface area contributed by atoms with E-state index in [4.69, 9.17) is 0 Å². The first kappa shape index (κ1) is 8.57. The first-order valence-corrected chi connectivity index (χ1v) is 4.27. The molecular weight excluding hydrogens is 138 g/mol. The fourth-order valence-corrected chi connectivity index (χ4v) is 0.988. The molecule has 11 heavy (non-hydrogen) atoms. The molecule has 0 bridgehead atoms. The number of nitrogens with one attached hydrogen (secondary N) is 1. The van der Waals surface area contributed by atoms with E-state index < -0.39 is 0 Å². The maximum atomic E-state index is 11.2. The van der Waals surface area contributed by atoms with Gasteiger partial charge >= 0.3 is 0 Å². The molecule has 0 heterocycles. The molecule has 64 valence electrons. The Morgan fingerprint density at radius 2 is 2.00 bits per heavy atom. The van der Waals surface area contributed by atoms with Crippen LogP contribution in [0.2, 0.25) is 0 Å². The molecule has 1 amide bonds. The molecule has 2 nitrogen and oxygen atoms in total. The van der Waals surface area contributed by atoms with Crippen LogP contribution in [0.1, 0.15) is 40.0 Å². The van der Waals surface area contributed by atoms with Crippen molar-refractivity contribution in [2.75, 3.05) is 0 Å². The van der Waals surface area contributed by atoms with E-state index in [-0.39, 0.29) is 11.3 Å². The van der Waals surface area contributed by atoms with Crippen LogP contribution in [0.3, 0.4) is 0 Å². The average Bonchev–Trinajstić information content (AvgIpc) is 2.42. The second-order valence-corrected chi connectivity index (χ2v) is 4.58. The summed E-state index contributed by atoms with van der Waals surface area (Å²) in [6.45, 7) is 6.25. The number of hydrogen-bond acceptors (Lipinski definition) is 1. The number of hydrogen-bond donors (Lipinski definition) is 1. The van der Waals surface area contributed by atoms with E-state index in [1.165, 1.54) is 12.8 Å². The smallest absolute Gasteiger partial charge is 0.220 e. The van der Waals surface area contributed by atoms with Crippen molar-refractivity contribution in [3.8, 4) is 0 Å². The minimum absolute atomic E-state index is 0.124. The van der Waals surface area contributed by atoms with Crippen molar-refractivity contribution in [2.24, 2.45) is 5.41 Å². The Bertz CT molecular complexity index is 153. The monoisotopic (exact) mass is 155 g/mol. The van der Waals surface area contributed by atoms with Gasteiger partial charge in [-0.25, -0.2) is 0 Å². The molecule has 1 rings (SSSR count). The lowest BCUT2D eigenvalue weighted by atomic mass is 9.92. The van der Waals surface area contributed by atoms with Gasteiger partial charge < -0.3 is 5.32 Å². The van der Waals surface area contributed by atoms with E-state index in [1.807, 2.05) is 0 Å². The van der Waals surface area contributed by atoms with Gasteiger partial charge in [0.1, 0.15) is 0 Å². The summed E-state index contributed by atoms with van der Waals surface area (Å²) in [5.41, 5.74) is 0.124. The van der Waals surface area contributed by atoms with E-state index in [0.29, 0.717) is 12.5 Å². The Labute approximate surface area is 68.4 Å². The van der Waals surface area contributed by atoms with Gasteiger partial charge in [-0.1, -0.05) is 20.8 Å². The van der Waals surface area contributed by atoms with Crippen molar-refractivity contribution in [3.63, 3.8) is 0 Å². The van der Waals surface area contributed by atoms with E-state index in [9.17, 15) is 4.79 Å². The zero-order valence-corrected chi connectivity index (χ0v) is 7.61. The molecule has 0 aromatic carbocycles. The molecule has 1 saturated carbocycles. The van der Waals surface area contributed by atoms with Gasteiger partial charge in [-0.3, -0.25) is 4.79 Å². The normalized spacial score (nSPS) is 18.1. The summed E-state index contributed by atoms with van der Waals surface area (Å²) in [7, 11) is 0. The van der Waals surface area contributed by atoms with Crippen LogP contribution in [0.25, 0.3) is 0 Å². The minimum Gasteiger partial charge on any atom is -0.353 e. The van der Waals surface area contributed by atoms with Crippen LogP contribution in [0.15, 0.2) is 0 Å². The second kappa shape index (κ2) is 2.84. The first-order valence-electron chi connectivity index (χ1n) is 4.27. The fraction of sp³-hybridized carbons (Fsp3) is 0.889. The summed E-state index contributed by atoms with van der Waals surface area (Å²) in [6, 6.07) is 0.504. The molecule has 0 aliphatic heterocycles. The standard InChI is InChI=1S/C9H17NO/c1-9(2,3)6-8(11)10-7-4-5-7/h7H,4-6H2,1-3H3,(H,10,11). The highest BCUT2D eigenvalue weighted by atomic mass is 16.1. The van der Waals surface area contributed by atoms with Gasteiger partial charge in [-0.15, -0.1) is 0 Å². The van der Waals surface area contributed by atoms with E-state index in [1.54, 1.807) is 0 Å². The van der Waals surface area contributed by atoms with Crippen molar-refractivity contribution in [1.29, 1.82) is 0 Å². The molecule has 0 atom stereocenters. The van der Waals surface area contributed by atoms with Crippen molar-refractivity contribution >= 4 is 5.91 Å². The Morgan fingerprint density at radius 3 is 2.36 bits per heavy atom. The first-order chi connectivity index (χ1) is 4.97. The van der Waals surface area contributed by atoms with Crippen LogP contribution < -0.4 is 5.32 Å². The highest BCUT2D eigenvalue weighted by molar-refractivity contribution is 5.77. The zero-order valence-electron chi connectivity index (χ0n) is 7.61. The molecule has 0 aromatic heterocycles. The van der Waals surface area contributed by atoms with Crippen molar-refractivity contribution < 1.29 is 4.79 Å². The Balaban J connectivity index is 2.19. The van der Waals surface area contributed by atoms with Gasteiger partial charge in [0.2, 0.25) is 5.91 Å². The molecule has 0 unspecified atom stereocenters. The summed E-state index contributed by atoms with van der Waals surface area (Å²) in [5.74, 6) is 0.208. The van der Waals surface area contributed by atoms with Gasteiger partial charge in [0, 0.05) is 12.5 Å². The van der Waals surface area contributed by atoms with E-state index >= 15 is 0 Å². The summed E-state index contributed by atoms with van der Waals surface area (Å²) < 4.78 is 0. The Morgan fingerprint density at radius 1 is 1.45 bits per heavy atom. The van der Waals surface area contributed by atoms with Crippen LogP contribution in [0, 0.1) is 5.41 Å². The van der Waals surface area contributed by atoms with Gasteiger partial charge in [0.05, 0.1) is 0 Å². The molecule has 1 aliphatic carbocycles. The van der Waals surface area contributed by atoms with Gasteiger partial charge in [0.15, 0.2) is 0 Å². The van der Waals surface area contributed by atoms with Crippen LogP contribution in [0.5, 0.6) is 0 Å². The van der Waals surface area contributed by atoms with Gasteiger partial charge in [0.25, 0.3) is 0 Å². The second-order valence-electron chi connectivity index (χ2n) is 4.58. The predicted octanol–water partition coefficient (Wildman–Crippen LogP) is 1.70. The van der Waals surface area contributed by atoms with E-state index in [2.05, 4.69) is 26.1 Å². The number of carbonyl (C=O) groups excluding carboxylic acids is 1. The predicted molar refractivity (Wildman–Crippen MR) is 45.2 cm³/mol. The highest BCUT2D eigenvalue weighted by Crippen LogP contribution is 2.22. The van der Waals surface area contributed by atoms with Gasteiger partial charge in [-0.05, 0) is 18.3 Å². The van der Waals surface area contributed by atoms with Crippen molar-refractivity contribution in [2.45, 2.75) is 46.1 Å². The SMILES string of the molecule is CC(C)(C)CC(=O)NC1CC1. The molecule has 0 radical (unpaired) electrons. The average molecular weight is 155 g/mol. The Hall–Kier alpha value is -0.530. The lowest BCUT2D eigenvalue weighted by molar-refractivity contribution is -0.122. The zero-order chi connectivity index (χ0) is 8.48. The number of rotatable bonds is 2. The maximum Gasteiger partial charge on any atom is 0.220 e. The lowest BCUT2D eigenvalue weighted by Crippen LogP contribution is -2.29. The quantitative estimate of drug-likeness (QED) is 0.646. The van der Waals surface area contributed by atoms with Gasteiger partial charge in [-0.2, -0.15) is 0 Å². The van der Waals surface area contributed by atoms with Crippen LogP contribution in [0.4, 0.5) is 0 Å². The lowest BCUT2D eigenvalue weighted by Gasteiger charge is -2.16. The third kappa shape index (κ3) is 4.02. The minimum atomic E-state index is 0.124. The maximum absolute atomic E-state index is 11.2. The topological polar surface area (TPSA) is 29.1 Å². The highest BCUT2D eigenvalue weighted by Gasteiger charge is 2.25. The van der Waals surface area contributed by atoms with E-state index in [0.717, 1.165) is 0 Å². The molecule has 0 saturated heterocycles. The molecule has 1 fully saturated rings. The third-order valence-electron chi connectivity index (χ3n) is 1.63. The number of carbonyl (C=O) groups is 1. The summed E-state index contributed by atoms with van der Waals surface area (Å²) in [6.07, 6.45) is 3.00. The van der Waals surface area contributed by atoms with Crippen molar-refractivity contribution in [1.82, 2.24) is 5.32 Å². The summed E-state index contributed by atoms with van der Waals surface area (Å²) in [5, 5.41) is 2.97. The van der Waals surface area contributed by atoms with Crippen LogP contribution in [-0.2, 0) is 4.79 Å². The van der Waals surface area contributed by atoms with Crippen LogP contribution in [-0.4, -0.2) is 11.9 Å².